The number of carbonyl (C=O) groups excluding carboxylic acids is 1. The molecule has 2 aliphatic rings. The maximum Gasteiger partial charge on any atom is 0.326 e. The predicted molar refractivity (Wildman–Crippen MR) is 71.8 cm³/mol. The molecule has 0 radical (unpaired) electrons. The molecule has 2 aliphatic carbocycles. The second-order valence-electron chi connectivity index (χ2n) is 6.34. The van der Waals surface area contributed by atoms with Crippen molar-refractivity contribution in [2.24, 2.45) is 17.8 Å². The van der Waals surface area contributed by atoms with E-state index in [0.717, 1.165) is 0 Å². The zero-order valence-electron chi connectivity index (χ0n) is 11.7. The van der Waals surface area contributed by atoms with Gasteiger partial charge in [0.05, 0.1) is 0 Å². The Hall–Kier alpha value is -1.26. The van der Waals surface area contributed by atoms with Crippen LogP contribution in [0.15, 0.2) is 0 Å². The zero-order valence-corrected chi connectivity index (χ0v) is 11.7. The van der Waals surface area contributed by atoms with Crippen molar-refractivity contribution in [3.05, 3.63) is 0 Å². The van der Waals surface area contributed by atoms with Gasteiger partial charge in [0.15, 0.2) is 0 Å². The van der Waals surface area contributed by atoms with Crippen molar-refractivity contribution in [1.29, 1.82) is 0 Å². The van der Waals surface area contributed by atoms with E-state index in [-0.39, 0.29) is 18.0 Å². The number of urea groups is 1. The predicted octanol–water partition coefficient (Wildman–Crippen LogP) is 1.97. The minimum Gasteiger partial charge on any atom is -0.480 e. The second-order valence-corrected chi connectivity index (χ2v) is 6.34. The number of nitrogens with one attached hydrogen (secondary N) is 2. The Morgan fingerprint density at radius 2 is 1.63 bits per heavy atom. The molecule has 0 bridgehead atoms. The Labute approximate surface area is 114 Å². The summed E-state index contributed by atoms with van der Waals surface area (Å²) in [5.41, 5.74) is 0. The van der Waals surface area contributed by atoms with Gasteiger partial charge >= 0.3 is 12.0 Å². The van der Waals surface area contributed by atoms with Gasteiger partial charge in [0, 0.05) is 6.04 Å². The van der Waals surface area contributed by atoms with E-state index in [1.54, 1.807) is 0 Å². The lowest BCUT2D eigenvalue weighted by Gasteiger charge is -2.21. The number of hydrogen-bond acceptors (Lipinski definition) is 2. The summed E-state index contributed by atoms with van der Waals surface area (Å²) in [6.45, 7) is 3.90. The van der Waals surface area contributed by atoms with Gasteiger partial charge in [-0.3, -0.25) is 0 Å². The number of rotatable bonds is 7. The lowest BCUT2D eigenvalue weighted by Crippen LogP contribution is -2.50. The zero-order chi connectivity index (χ0) is 14.0. The summed E-state index contributed by atoms with van der Waals surface area (Å²) in [5.74, 6) is 0.514. The minimum absolute atomic E-state index is 0.240. The molecule has 2 amide bonds. The van der Waals surface area contributed by atoms with Gasteiger partial charge in [-0.05, 0) is 49.9 Å². The largest absolute Gasteiger partial charge is 0.480 e. The molecule has 5 heteroatoms. The van der Waals surface area contributed by atoms with Crippen LogP contribution in [0.4, 0.5) is 4.79 Å². The first kappa shape index (κ1) is 14.2. The van der Waals surface area contributed by atoms with Crippen molar-refractivity contribution in [3.8, 4) is 0 Å². The normalized spacial score (nSPS) is 20.4. The van der Waals surface area contributed by atoms with E-state index in [1.165, 1.54) is 25.7 Å². The quantitative estimate of drug-likeness (QED) is 0.660. The first-order chi connectivity index (χ1) is 8.97. The van der Waals surface area contributed by atoms with Crippen LogP contribution in [0.1, 0.15) is 46.0 Å². The minimum atomic E-state index is -0.960. The molecule has 2 saturated carbocycles. The molecule has 0 heterocycles. The van der Waals surface area contributed by atoms with Crippen LogP contribution in [-0.4, -0.2) is 29.2 Å². The maximum absolute atomic E-state index is 11.9. The fourth-order valence-electron chi connectivity index (χ4n) is 2.58. The average Bonchev–Trinajstić information content (AvgIpc) is 3.14. The highest BCUT2D eigenvalue weighted by atomic mass is 16.4. The number of aliphatic carboxylic acids is 1. The van der Waals surface area contributed by atoms with Crippen molar-refractivity contribution < 1.29 is 14.7 Å². The van der Waals surface area contributed by atoms with E-state index < -0.39 is 12.0 Å². The van der Waals surface area contributed by atoms with Crippen LogP contribution in [0.2, 0.25) is 0 Å². The van der Waals surface area contributed by atoms with Crippen molar-refractivity contribution in [1.82, 2.24) is 10.6 Å². The molecule has 0 unspecified atom stereocenters. The monoisotopic (exact) mass is 268 g/mol. The van der Waals surface area contributed by atoms with Gasteiger partial charge in [-0.2, -0.15) is 0 Å². The van der Waals surface area contributed by atoms with Crippen LogP contribution in [0.25, 0.3) is 0 Å². The molecule has 0 aliphatic heterocycles. The summed E-state index contributed by atoms with van der Waals surface area (Å²) in [4.78, 5) is 23.0. The third-order valence-electron chi connectivity index (χ3n) is 3.87. The first-order valence-electron chi connectivity index (χ1n) is 7.27. The number of carbonyl (C=O) groups is 2. The molecule has 3 N–H and O–H groups in total. The Kier molecular flexibility index (Phi) is 4.32. The fraction of sp³-hybridized carbons (Fsp3) is 0.857. The third-order valence-corrected chi connectivity index (χ3v) is 3.87. The highest BCUT2D eigenvalue weighted by molar-refractivity contribution is 5.82. The van der Waals surface area contributed by atoms with Crippen LogP contribution in [0, 0.1) is 17.8 Å². The van der Waals surface area contributed by atoms with Crippen molar-refractivity contribution >= 4 is 12.0 Å². The standard InChI is InChI=1S/C14H24N2O3/c1-8(2)7-11(13(17)18)15-14(19)16-12(9-3-4-9)10-5-6-10/h8-12H,3-7H2,1-2H3,(H,17,18)(H2,15,16,19)/t11-/m0/s1. The lowest BCUT2D eigenvalue weighted by atomic mass is 10.0. The topological polar surface area (TPSA) is 78.4 Å². The summed E-state index contributed by atoms with van der Waals surface area (Å²) in [6, 6.07) is -0.857. The fourth-order valence-corrected chi connectivity index (χ4v) is 2.58. The summed E-state index contributed by atoms with van der Waals surface area (Å²) in [7, 11) is 0. The van der Waals surface area contributed by atoms with E-state index in [9.17, 15) is 9.59 Å². The molecule has 1 atom stereocenters. The molecular formula is C14H24N2O3. The smallest absolute Gasteiger partial charge is 0.326 e. The molecule has 5 nitrogen and oxygen atoms in total. The molecule has 0 saturated heterocycles. The Morgan fingerprint density at radius 3 is 2.00 bits per heavy atom. The van der Waals surface area contributed by atoms with Crippen molar-refractivity contribution in [2.45, 2.75) is 58.0 Å². The summed E-state index contributed by atoms with van der Waals surface area (Å²) in [5, 5.41) is 14.7. The van der Waals surface area contributed by atoms with E-state index in [4.69, 9.17) is 5.11 Å². The van der Waals surface area contributed by atoms with Gasteiger partial charge in [-0.15, -0.1) is 0 Å². The highest BCUT2D eigenvalue weighted by Crippen LogP contribution is 2.44. The van der Waals surface area contributed by atoms with Crippen LogP contribution in [0.5, 0.6) is 0 Å². The van der Waals surface area contributed by atoms with Gasteiger partial charge in [0.2, 0.25) is 0 Å². The van der Waals surface area contributed by atoms with E-state index in [0.29, 0.717) is 18.3 Å². The van der Waals surface area contributed by atoms with Crippen LogP contribution in [-0.2, 0) is 4.79 Å². The Morgan fingerprint density at radius 1 is 1.11 bits per heavy atom. The van der Waals surface area contributed by atoms with Gasteiger partial charge in [0.25, 0.3) is 0 Å². The number of hydrogen-bond donors (Lipinski definition) is 3. The molecule has 108 valence electrons. The van der Waals surface area contributed by atoms with Gasteiger partial charge in [0.1, 0.15) is 6.04 Å². The maximum atomic E-state index is 11.9. The van der Waals surface area contributed by atoms with Crippen molar-refractivity contribution in [3.63, 3.8) is 0 Å². The van der Waals surface area contributed by atoms with Crippen LogP contribution in [0.3, 0.4) is 0 Å². The average molecular weight is 268 g/mol. The van der Waals surface area contributed by atoms with Crippen LogP contribution < -0.4 is 10.6 Å². The molecular weight excluding hydrogens is 244 g/mol. The van der Waals surface area contributed by atoms with Gasteiger partial charge in [-0.25, -0.2) is 9.59 Å². The van der Waals surface area contributed by atoms with Gasteiger partial charge in [-0.1, -0.05) is 13.8 Å². The SMILES string of the molecule is CC(C)C[C@H](NC(=O)NC(C1CC1)C1CC1)C(=O)O. The van der Waals surface area contributed by atoms with E-state index in [2.05, 4.69) is 10.6 Å². The molecule has 0 aromatic heterocycles. The van der Waals surface area contributed by atoms with E-state index >= 15 is 0 Å². The summed E-state index contributed by atoms with van der Waals surface area (Å²) in [6.07, 6.45) is 5.22. The first-order valence-corrected chi connectivity index (χ1v) is 7.27. The molecule has 2 rings (SSSR count). The molecule has 0 spiro atoms. The number of amides is 2. The lowest BCUT2D eigenvalue weighted by molar-refractivity contribution is -0.139. The van der Waals surface area contributed by atoms with Crippen molar-refractivity contribution in [2.75, 3.05) is 0 Å². The van der Waals surface area contributed by atoms with Gasteiger partial charge < -0.3 is 15.7 Å². The van der Waals surface area contributed by atoms with Crippen LogP contribution >= 0.6 is 0 Å². The third kappa shape index (κ3) is 4.40. The molecule has 2 fully saturated rings. The molecule has 0 aromatic carbocycles. The summed E-state index contributed by atoms with van der Waals surface area (Å²) < 4.78 is 0. The second kappa shape index (κ2) is 5.80. The summed E-state index contributed by atoms with van der Waals surface area (Å²) >= 11 is 0. The molecule has 0 aromatic rings. The Balaban J connectivity index is 1.82. The molecule has 19 heavy (non-hydrogen) atoms. The van der Waals surface area contributed by atoms with E-state index in [1.807, 2.05) is 13.8 Å². The number of carboxylic acid groups (broad SMARTS) is 1. The highest BCUT2D eigenvalue weighted by Gasteiger charge is 2.42. The number of carboxylic acids is 1. The Bertz CT molecular complexity index is 337.